The third-order valence-electron chi connectivity index (χ3n) is 3.59. The molecular weight excluding hydrogens is 274 g/mol. The molecule has 1 amide bonds. The number of thiophene rings is 1. The molecule has 0 aromatic carbocycles. The van der Waals surface area contributed by atoms with E-state index in [1.165, 1.54) is 16.2 Å². The molecule has 20 heavy (non-hydrogen) atoms. The van der Waals surface area contributed by atoms with Gasteiger partial charge in [0.1, 0.15) is 36.4 Å². The quantitative estimate of drug-likeness (QED) is 0.860. The van der Waals surface area contributed by atoms with Crippen molar-refractivity contribution in [3.8, 4) is 6.07 Å². The number of hydrogen-bond acceptors (Lipinski definition) is 4. The van der Waals surface area contributed by atoms with Gasteiger partial charge in [-0.25, -0.2) is 0 Å². The predicted octanol–water partition coefficient (Wildman–Crippen LogP) is 0.639. The first-order valence-corrected chi connectivity index (χ1v) is 7.67. The van der Waals surface area contributed by atoms with Crippen molar-refractivity contribution >= 4 is 22.2 Å². The van der Waals surface area contributed by atoms with Crippen molar-refractivity contribution in [1.29, 1.82) is 5.26 Å². The lowest BCUT2D eigenvalue weighted by Crippen LogP contribution is -3.19. The third kappa shape index (κ3) is 3.37. The summed E-state index contributed by atoms with van der Waals surface area (Å²) in [5, 5.41) is 14.3. The summed E-state index contributed by atoms with van der Waals surface area (Å²) in [4.78, 5) is 13.5. The molecule has 1 aliphatic heterocycles. The minimum absolute atomic E-state index is 0.0414. The molecule has 2 N–H and O–H groups in total. The number of quaternary nitrogens is 1. The van der Waals surface area contributed by atoms with Gasteiger partial charge in [-0.05, 0) is 32.2 Å². The summed E-state index contributed by atoms with van der Waals surface area (Å²) in [7, 11) is 0. The van der Waals surface area contributed by atoms with Crippen LogP contribution in [0.2, 0.25) is 0 Å². The molecule has 1 saturated heterocycles. The van der Waals surface area contributed by atoms with Crippen LogP contribution in [0, 0.1) is 11.3 Å². The molecule has 1 fully saturated rings. The Labute approximate surface area is 123 Å². The summed E-state index contributed by atoms with van der Waals surface area (Å²) in [6, 6.07) is 3.65. The fraction of sp³-hybridized carbons (Fsp3) is 0.571. The van der Waals surface area contributed by atoms with Crippen LogP contribution in [0.5, 0.6) is 0 Å². The number of hydrogen-bond donors (Lipinski definition) is 2. The van der Waals surface area contributed by atoms with Crippen LogP contribution in [-0.4, -0.2) is 37.2 Å². The maximum Gasteiger partial charge on any atom is 0.283 e. The Balaban J connectivity index is 2.00. The second-order valence-corrected chi connectivity index (χ2v) is 6.23. The Bertz CT molecular complexity index is 513. The molecule has 5 nitrogen and oxygen atoms in total. The fourth-order valence-electron chi connectivity index (χ4n) is 2.57. The van der Waals surface area contributed by atoms with E-state index < -0.39 is 0 Å². The van der Waals surface area contributed by atoms with Crippen LogP contribution in [0.15, 0.2) is 11.4 Å². The summed E-state index contributed by atoms with van der Waals surface area (Å²) in [6.45, 7) is 7.65. The normalized spacial score (nSPS) is 27.6. The average Bonchev–Trinajstić information content (AvgIpc) is 2.83. The van der Waals surface area contributed by atoms with Crippen molar-refractivity contribution in [3.63, 3.8) is 0 Å². The topological polar surface area (TPSA) is 66.6 Å². The molecule has 1 aromatic rings. The molecule has 1 aromatic heterocycles. The van der Waals surface area contributed by atoms with E-state index >= 15 is 0 Å². The van der Waals surface area contributed by atoms with Gasteiger partial charge in [-0.3, -0.25) is 4.79 Å². The van der Waals surface area contributed by atoms with Gasteiger partial charge in [0.05, 0.1) is 5.56 Å². The van der Waals surface area contributed by atoms with E-state index in [-0.39, 0.29) is 24.2 Å². The maximum absolute atomic E-state index is 12.3. The molecule has 1 aliphatic rings. The fourth-order valence-corrected chi connectivity index (χ4v) is 3.31. The summed E-state index contributed by atoms with van der Waals surface area (Å²) in [5.74, 6) is -0.0414. The first kappa shape index (κ1) is 15.0. The van der Waals surface area contributed by atoms with Crippen LogP contribution in [0.1, 0.15) is 26.3 Å². The van der Waals surface area contributed by atoms with Crippen LogP contribution in [0.25, 0.3) is 0 Å². The molecular formula is C14H20N3O2S+. The minimum Gasteiger partial charge on any atom is -0.364 e. The molecule has 0 unspecified atom stereocenters. The Morgan fingerprint density at radius 1 is 1.55 bits per heavy atom. The van der Waals surface area contributed by atoms with Gasteiger partial charge in [0.25, 0.3) is 5.91 Å². The number of carbonyl (C=O) groups is 1. The molecule has 0 saturated carbocycles. The van der Waals surface area contributed by atoms with E-state index in [4.69, 9.17) is 10.00 Å². The van der Waals surface area contributed by atoms with Crippen LogP contribution >= 0.6 is 11.3 Å². The molecule has 6 heteroatoms. The van der Waals surface area contributed by atoms with Crippen molar-refractivity contribution < 1.29 is 14.4 Å². The molecule has 0 bridgehead atoms. The first-order valence-electron chi connectivity index (χ1n) is 6.79. The number of amides is 1. The van der Waals surface area contributed by atoms with Crippen LogP contribution < -0.4 is 10.2 Å². The Kier molecular flexibility index (Phi) is 4.76. The highest BCUT2D eigenvalue weighted by molar-refractivity contribution is 7.14. The largest absolute Gasteiger partial charge is 0.364 e. The van der Waals surface area contributed by atoms with E-state index in [0.717, 1.165) is 13.1 Å². The second kappa shape index (κ2) is 6.35. The van der Waals surface area contributed by atoms with Gasteiger partial charge < -0.3 is 15.0 Å². The number of nitrogens with zero attached hydrogens (tertiary/aromatic N) is 1. The van der Waals surface area contributed by atoms with Gasteiger partial charge in [0.2, 0.25) is 0 Å². The lowest BCUT2D eigenvalue weighted by molar-refractivity contribution is -0.928. The van der Waals surface area contributed by atoms with Gasteiger partial charge in [-0.15, -0.1) is 11.3 Å². The van der Waals surface area contributed by atoms with E-state index in [0.29, 0.717) is 10.6 Å². The third-order valence-corrected chi connectivity index (χ3v) is 4.42. The van der Waals surface area contributed by atoms with E-state index in [1.807, 2.05) is 26.2 Å². The zero-order chi connectivity index (χ0) is 14.7. The molecule has 0 aliphatic carbocycles. The van der Waals surface area contributed by atoms with Crippen LogP contribution in [0.3, 0.4) is 0 Å². The zero-order valence-corrected chi connectivity index (χ0v) is 12.8. The van der Waals surface area contributed by atoms with E-state index in [2.05, 4.69) is 11.4 Å². The SMILES string of the molecule is C[C@H]1C[NH+]([C@@H](C)C(=O)Nc2sccc2C#N)C[C@H](C)O1. The van der Waals surface area contributed by atoms with Crippen LogP contribution in [-0.2, 0) is 9.53 Å². The van der Waals surface area contributed by atoms with Gasteiger partial charge in [-0.2, -0.15) is 5.26 Å². The van der Waals surface area contributed by atoms with Gasteiger partial charge in [0, 0.05) is 0 Å². The number of ether oxygens (including phenoxy) is 1. The maximum atomic E-state index is 12.3. The molecule has 2 heterocycles. The lowest BCUT2D eigenvalue weighted by atomic mass is 10.1. The van der Waals surface area contributed by atoms with Crippen molar-refractivity contribution in [1.82, 2.24) is 0 Å². The number of nitrogens with one attached hydrogen (secondary N) is 2. The number of nitriles is 1. The molecule has 0 radical (unpaired) electrons. The molecule has 108 valence electrons. The number of anilines is 1. The van der Waals surface area contributed by atoms with Gasteiger partial charge in [0.15, 0.2) is 6.04 Å². The van der Waals surface area contributed by atoms with Crippen molar-refractivity contribution in [2.75, 3.05) is 18.4 Å². The molecule has 0 spiro atoms. The predicted molar refractivity (Wildman–Crippen MR) is 77.8 cm³/mol. The standard InChI is InChI=1S/C14H19N3O2S/c1-9-7-17(8-10(2)19-9)11(3)13(18)16-14-12(6-15)4-5-20-14/h4-5,9-11H,7-8H2,1-3H3,(H,16,18)/p+1/t9-,10-,11-/m0/s1. The lowest BCUT2D eigenvalue weighted by Gasteiger charge is -2.35. The summed E-state index contributed by atoms with van der Waals surface area (Å²) in [5.41, 5.74) is 0.522. The number of carbonyl (C=O) groups excluding carboxylic acids is 1. The first-order chi connectivity index (χ1) is 9.51. The Hall–Kier alpha value is -1.42. The van der Waals surface area contributed by atoms with Gasteiger partial charge >= 0.3 is 0 Å². The number of rotatable bonds is 3. The summed E-state index contributed by atoms with van der Waals surface area (Å²) >= 11 is 1.38. The highest BCUT2D eigenvalue weighted by atomic mass is 32.1. The van der Waals surface area contributed by atoms with Gasteiger partial charge in [-0.1, -0.05) is 0 Å². The van der Waals surface area contributed by atoms with Crippen molar-refractivity contribution in [2.24, 2.45) is 0 Å². The minimum atomic E-state index is -0.155. The Morgan fingerprint density at radius 2 is 2.20 bits per heavy atom. The van der Waals surface area contributed by atoms with Crippen molar-refractivity contribution in [3.05, 3.63) is 17.0 Å². The smallest absolute Gasteiger partial charge is 0.283 e. The van der Waals surface area contributed by atoms with E-state index in [1.54, 1.807) is 6.07 Å². The average molecular weight is 294 g/mol. The second-order valence-electron chi connectivity index (χ2n) is 5.31. The highest BCUT2D eigenvalue weighted by Gasteiger charge is 2.33. The Morgan fingerprint density at radius 3 is 2.80 bits per heavy atom. The number of morpholine rings is 1. The molecule has 2 rings (SSSR count). The zero-order valence-electron chi connectivity index (χ0n) is 12.0. The summed E-state index contributed by atoms with van der Waals surface area (Å²) < 4.78 is 5.70. The highest BCUT2D eigenvalue weighted by Crippen LogP contribution is 2.22. The van der Waals surface area contributed by atoms with Crippen molar-refractivity contribution in [2.45, 2.75) is 39.0 Å². The van der Waals surface area contributed by atoms with Crippen LogP contribution in [0.4, 0.5) is 5.00 Å². The van der Waals surface area contributed by atoms with E-state index in [9.17, 15) is 4.79 Å². The molecule has 3 atom stereocenters. The monoisotopic (exact) mass is 294 g/mol. The summed E-state index contributed by atoms with van der Waals surface area (Å²) in [6.07, 6.45) is 0.334.